The lowest BCUT2D eigenvalue weighted by Gasteiger charge is -2.17. The molecule has 0 saturated heterocycles. The van der Waals surface area contributed by atoms with E-state index in [0.717, 1.165) is 17.8 Å². The number of aromatic nitrogens is 1. The minimum absolute atomic E-state index is 0.186. The summed E-state index contributed by atoms with van der Waals surface area (Å²) in [7, 11) is 3.93. The average molecular weight is 295 g/mol. The molecule has 22 heavy (non-hydrogen) atoms. The SMILES string of the molecule is Cc1ccc(-c2ccc(C#N)c(=O)n2CCN(C)C)cc1C. The number of nitriles is 1. The maximum Gasteiger partial charge on any atom is 0.268 e. The largest absolute Gasteiger partial charge is 0.308 e. The van der Waals surface area contributed by atoms with Crippen molar-refractivity contribution in [2.75, 3.05) is 20.6 Å². The zero-order valence-corrected chi connectivity index (χ0v) is 13.6. The molecule has 0 bridgehead atoms. The van der Waals surface area contributed by atoms with E-state index in [-0.39, 0.29) is 11.1 Å². The Labute approximate surface area is 131 Å². The molecule has 0 aliphatic carbocycles. The van der Waals surface area contributed by atoms with Crippen LogP contribution >= 0.6 is 0 Å². The molecule has 1 aromatic heterocycles. The van der Waals surface area contributed by atoms with Crippen LogP contribution in [0.25, 0.3) is 11.3 Å². The zero-order chi connectivity index (χ0) is 16.3. The monoisotopic (exact) mass is 295 g/mol. The van der Waals surface area contributed by atoms with E-state index in [2.05, 4.69) is 26.0 Å². The molecule has 0 aliphatic rings. The minimum atomic E-state index is -0.222. The Balaban J connectivity index is 2.59. The third-order valence-electron chi connectivity index (χ3n) is 3.87. The number of benzene rings is 1. The molecule has 2 rings (SSSR count). The van der Waals surface area contributed by atoms with Crippen molar-refractivity contribution in [1.82, 2.24) is 9.47 Å². The standard InChI is InChI=1S/C18H21N3O/c1-13-5-6-15(11-14(13)2)17-8-7-16(12-19)18(22)21(17)10-9-20(3)4/h5-8,11H,9-10H2,1-4H3. The van der Waals surface area contributed by atoms with Gasteiger partial charge in [-0.25, -0.2) is 0 Å². The van der Waals surface area contributed by atoms with Crippen LogP contribution < -0.4 is 5.56 Å². The van der Waals surface area contributed by atoms with Gasteiger partial charge in [-0.2, -0.15) is 5.26 Å². The summed E-state index contributed by atoms with van der Waals surface area (Å²) >= 11 is 0. The number of nitrogens with zero attached hydrogens (tertiary/aromatic N) is 3. The number of rotatable bonds is 4. The van der Waals surface area contributed by atoms with Crippen LogP contribution in [0.3, 0.4) is 0 Å². The summed E-state index contributed by atoms with van der Waals surface area (Å²) in [6.45, 7) is 5.43. The third-order valence-corrected chi connectivity index (χ3v) is 3.87. The minimum Gasteiger partial charge on any atom is -0.308 e. The van der Waals surface area contributed by atoms with Crippen molar-refractivity contribution < 1.29 is 0 Å². The van der Waals surface area contributed by atoms with E-state index in [1.54, 1.807) is 10.6 Å². The Bertz CT molecular complexity index is 782. The number of likely N-dealkylation sites (N-methyl/N-ethyl adjacent to an activating group) is 1. The molecule has 0 unspecified atom stereocenters. The fraction of sp³-hybridized carbons (Fsp3) is 0.333. The lowest BCUT2D eigenvalue weighted by atomic mass is 10.0. The van der Waals surface area contributed by atoms with Crippen molar-refractivity contribution in [3.05, 3.63) is 57.4 Å². The maximum absolute atomic E-state index is 12.5. The highest BCUT2D eigenvalue weighted by atomic mass is 16.1. The predicted octanol–water partition coefficient (Wildman–Crippen LogP) is 2.57. The summed E-state index contributed by atoms with van der Waals surface area (Å²) in [6, 6.07) is 11.6. The highest BCUT2D eigenvalue weighted by Crippen LogP contribution is 2.21. The van der Waals surface area contributed by atoms with Gasteiger partial charge in [-0.05, 0) is 62.8 Å². The molecule has 0 amide bonds. The molecule has 0 spiro atoms. The van der Waals surface area contributed by atoms with E-state index in [4.69, 9.17) is 5.26 Å². The van der Waals surface area contributed by atoms with E-state index in [9.17, 15) is 4.79 Å². The van der Waals surface area contributed by atoms with Crippen LogP contribution in [-0.2, 0) is 6.54 Å². The molecule has 0 fully saturated rings. The van der Waals surface area contributed by atoms with Gasteiger partial charge in [-0.15, -0.1) is 0 Å². The van der Waals surface area contributed by atoms with E-state index in [1.165, 1.54) is 11.1 Å². The molecular formula is C18H21N3O. The molecule has 0 radical (unpaired) electrons. The van der Waals surface area contributed by atoms with Crippen LogP contribution in [0.4, 0.5) is 0 Å². The quantitative estimate of drug-likeness (QED) is 0.871. The first-order valence-electron chi connectivity index (χ1n) is 7.30. The van der Waals surface area contributed by atoms with Crippen LogP contribution in [0.15, 0.2) is 35.1 Å². The van der Waals surface area contributed by atoms with Crippen LogP contribution in [0.5, 0.6) is 0 Å². The van der Waals surface area contributed by atoms with Crippen LogP contribution in [0.1, 0.15) is 16.7 Å². The van der Waals surface area contributed by atoms with Crippen LogP contribution in [0, 0.1) is 25.2 Å². The third kappa shape index (κ3) is 3.26. The highest BCUT2D eigenvalue weighted by molar-refractivity contribution is 5.62. The first kappa shape index (κ1) is 16.0. The lowest BCUT2D eigenvalue weighted by Crippen LogP contribution is -2.29. The van der Waals surface area contributed by atoms with E-state index < -0.39 is 0 Å². The number of pyridine rings is 1. The van der Waals surface area contributed by atoms with Gasteiger partial charge in [0, 0.05) is 13.1 Å². The smallest absolute Gasteiger partial charge is 0.268 e. The molecule has 1 aromatic carbocycles. The van der Waals surface area contributed by atoms with Gasteiger partial charge in [0.25, 0.3) is 5.56 Å². The summed E-state index contributed by atoms with van der Waals surface area (Å²) in [5, 5.41) is 9.09. The number of hydrogen-bond donors (Lipinski definition) is 0. The van der Waals surface area contributed by atoms with Gasteiger partial charge in [0.05, 0.1) is 5.69 Å². The molecular weight excluding hydrogens is 274 g/mol. The van der Waals surface area contributed by atoms with Gasteiger partial charge < -0.3 is 9.47 Å². The molecule has 0 saturated carbocycles. The zero-order valence-electron chi connectivity index (χ0n) is 13.6. The fourth-order valence-electron chi connectivity index (χ4n) is 2.34. The fourth-order valence-corrected chi connectivity index (χ4v) is 2.34. The Morgan fingerprint density at radius 3 is 2.45 bits per heavy atom. The van der Waals surface area contributed by atoms with Crippen molar-refractivity contribution in [3.8, 4) is 17.3 Å². The van der Waals surface area contributed by atoms with Crippen molar-refractivity contribution in [2.24, 2.45) is 0 Å². The van der Waals surface area contributed by atoms with Crippen molar-refractivity contribution in [2.45, 2.75) is 20.4 Å². The summed E-state index contributed by atoms with van der Waals surface area (Å²) in [4.78, 5) is 14.5. The lowest BCUT2D eigenvalue weighted by molar-refractivity contribution is 0.382. The molecule has 4 nitrogen and oxygen atoms in total. The van der Waals surface area contributed by atoms with Gasteiger partial charge >= 0.3 is 0 Å². The second-order valence-electron chi connectivity index (χ2n) is 5.80. The molecule has 114 valence electrons. The van der Waals surface area contributed by atoms with E-state index in [0.29, 0.717) is 6.54 Å². The van der Waals surface area contributed by atoms with Crippen LogP contribution in [0.2, 0.25) is 0 Å². The predicted molar refractivity (Wildman–Crippen MR) is 88.9 cm³/mol. The Morgan fingerprint density at radius 2 is 1.86 bits per heavy atom. The molecule has 0 atom stereocenters. The second kappa shape index (κ2) is 6.59. The molecule has 2 aromatic rings. The highest BCUT2D eigenvalue weighted by Gasteiger charge is 2.11. The topological polar surface area (TPSA) is 49.0 Å². The van der Waals surface area contributed by atoms with Crippen molar-refractivity contribution in [3.63, 3.8) is 0 Å². The molecule has 4 heteroatoms. The molecule has 1 heterocycles. The number of hydrogen-bond acceptors (Lipinski definition) is 3. The first-order chi connectivity index (χ1) is 10.4. The van der Waals surface area contributed by atoms with Gasteiger partial charge in [0.2, 0.25) is 0 Å². The molecule has 0 aliphatic heterocycles. The van der Waals surface area contributed by atoms with Crippen molar-refractivity contribution >= 4 is 0 Å². The van der Waals surface area contributed by atoms with Gasteiger partial charge in [-0.3, -0.25) is 4.79 Å². The van der Waals surface area contributed by atoms with Crippen molar-refractivity contribution in [1.29, 1.82) is 5.26 Å². The van der Waals surface area contributed by atoms with E-state index >= 15 is 0 Å². The van der Waals surface area contributed by atoms with Gasteiger partial charge in [-0.1, -0.05) is 12.1 Å². The van der Waals surface area contributed by atoms with E-state index in [1.807, 2.05) is 37.2 Å². The Morgan fingerprint density at radius 1 is 1.14 bits per heavy atom. The maximum atomic E-state index is 12.5. The summed E-state index contributed by atoms with van der Waals surface area (Å²) in [5.41, 5.74) is 4.23. The normalized spacial score (nSPS) is 10.7. The van der Waals surface area contributed by atoms with Gasteiger partial charge in [0.1, 0.15) is 11.6 Å². The first-order valence-corrected chi connectivity index (χ1v) is 7.30. The summed E-state index contributed by atoms with van der Waals surface area (Å²) in [6.07, 6.45) is 0. The summed E-state index contributed by atoms with van der Waals surface area (Å²) < 4.78 is 1.70. The van der Waals surface area contributed by atoms with Gasteiger partial charge in [0.15, 0.2) is 0 Å². The van der Waals surface area contributed by atoms with Crippen LogP contribution in [-0.4, -0.2) is 30.1 Å². The second-order valence-corrected chi connectivity index (χ2v) is 5.80. The molecule has 0 N–H and O–H groups in total. The average Bonchev–Trinajstić information content (AvgIpc) is 2.48. The summed E-state index contributed by atoms with van der Waals surface area (Å²) in [5.74, 6) is 0. The Kier molecular flexibility index (Phi) is 4.79. The Hall–Kier alpha value is -2.38. The number of aryl methyl sites for hydroxylation is 2.